The molecule has 35 heavy (non-hydrogen) atoms. The molecule has 0 aromatic heterocycles. The van der Waals surface area contributed by atoms with Crippen LogP contribution >= 0.6 is 0 Å². The molecule has 1 amide bonds. The van der Waals surface area contributed by atoms with Gasteiger partial charge in [0.15, 0.2) is 0 Å². The van der Waals surface area contributed by atoms with E-state index in [0.717, 1.165) is 32.4 Å². The number of carbonyl (C=O) groups is 1. The number of sulfonamides is 1. The van der Waals surface area contributed by atoms with Crippen LogP contribution in [0.25, 0.3) is 0 Å². The Morgan fingerprint density at radius 2 is 1.54 bits per heavy atom. The molecule has 2 heterocycles. The van der Waals surface area contributed by atoms with Crippen molar-refractivity contribution >= 4 is 15.9 Å². The quantitative estimate of drug-likeness (QED) is 0.531. The van der Waals surface area contributed by atoms with Gasteiger partial charge in [-0.05, 0) is 88.1 Å². The average molecular weight is 499 g/mol. The van der Waals surface area contributed by atoms with Crippen molar-refractivity contribution in [1.29, 1.82) is 0 Å². The van der Waals surface area contributed by atoms with E-state index in [4.69, 9.17) is 4.74 Å². The van der Waals surface area contributed by atoms with E-state index in [9.17, 15) is 13.2 Å². The van der Waals surface area contributed by atoms with Crippen LogP contribution in [-0.2, 0) is 21.2 Å². The van der Waals surface area contributed by atoms with E-state index in [1.54, 1.807) is 24.3 Å². The van der Waals surface area contributed by atoms with E-state index in [1.165, 1.54) is 21.9 Å². The third-order valence-corrected chi connectivity index (χ3v) is 9.38. The first-order valence-corrected chi connectivity index (χ1v) is 14.4. The molecule has 0 saturated carbocycles. The SMILES string of the molecule is CCOc1ccc(S(=O)(=O)N2CCC(C(=O)N3CCC(CCc4ccc(C)cc4)CC3)CC2)cc1. The fourth-order valence-electron chi connectivity index (χ4n) is 5.19. The van der Waals surface area contributed by atoms with Gasteiger partial charge in [-0.3, -0.25) is 4.79 Å². The van der Waals surface area contributed by atoms with E-state index in [1.807, 2.05) is 11.8 Å². The molecule has 0 N–H and O–H groups in total. The highest BCUT2D eigenvalue weighted by atomic mass is 32.2. The van der Waals surface area contributed by atoms with E-state index in [-0.39, 0.29) is 16.7 Å². The summed E-state index contributed by atoms with van der Waals surface area (Å²) in [6, 6.07) is 15.4. The Kier molecular flexibility index (Phi) is 8.50. The molecule has 6 nitrogen and oxygen atoms in total. The standard InChI is InChI=1S/C28H38N2O4S/c1-3-34-26-10-12-27(13-11-26)35(32,33)30-20-16-25(17-21-30)28(31)29-18-14-24(15-19-29)9-8-23-6-4-22(2)5-7-23/h4-7,10-13,24-25H,3,8-9,14-21H2,1-2H3. The molecule has 0 spiro atoms. The number of piperidine rings is 2. The molecule has 2 fully saturated rings. The summed E-state index contributed by atoms with van der Waals surface area (Å²) in [7, 11) is -3.55. The molecule has 0 unspecified atom stereocenters. The van der Waals surface area contributed by atoms with Crippen molar-refractivity contribution in [3.8, 4) is 5.75 Å². The van der Waals surface area contributed by atoms with Gasteiger partial charge in [0.25, 0.3) is 0 Å². The Labute approximate surface area is 210 Å². The molecule has 0 bridgehead atoms. The molecule has 2 saturated heterocycles. The zero-order valence-corrected chi connectivity index (χ0v) is 21.8. The van der Waals surface area contributed by atoms with Gasteiger partial charge in [0, 0.05) is 32.1 Å². The maximum atomic E-state index is 13.1. The first-order chi connectivity index (χ1) is 16.9. The van der Waals surface area contributed by atoms with Crippen LogP contribution in [0.1, 0.15) is 50.2 Å². The lowest BCUT2D eigenvalue weighted by Gasteiger charge is -2.37. The number of rotatable bonds is 8. The first-order valence-electron chi connectivity index (χ1n) is 12.9. The summed E-state index contributed by atoms with van der Waals surface area (Å²) in [4.78, 5) is 15.4. The molecule has 0 aliphatic carbocycles. The predicted molar refractivity (Wildman–Crippen MR) is 138 cm³/mol. The second kappa shape index (κ2) is 11.6. The predicted octanol–water partition coefficient (Wildman–Crippen LogP) is 4.67. The van der Waals surface area contributed by atoms with Gasteiger partial charge in [-0.15, -0.1) is 0 Å². The van der Waals surface area contributed by atoms with Gasteiger partial charge in [-0.2, -0.15) is 4.31 Å². The Bertz CT molecular complexity index is 1070. The molecule has 4 rings (SSSR count). The molecule has 7 heteroatoms. The van der Waals surface area contributed by atoms with Crippen LogP contribution in [0.5, 0.6) is 5.75 Å². The largest absolute Gasteiger partial charge is 0.494 e. The minimum Gasteiger partial charge on any atom is -0.494 e. The van der Waals surface area contributed by atoms with Crippen LogP contribution in [0.3, 0.4) is 0 Å². The number of hydrogen-bond acceptors (Lipinski definition) is 4. The summed E-state index contributed by atoms with van der Waals surface area (Å²) in [5, 5.41) is 0. The van der Waals surface area contributed by atoms with Crippen molar-refractivity contribution in [3.05, 3.63) is 59.7 Å². The maximum absolute atomic E-state index is 13.1. The van der Waals surface area contributed by atoms with Crippen LogP contribution in [0.2, 0.25) is 0 Å². The van der Waals surface area contributed by atoms with Crippen molar-refractivity contribution in [2.75, 3.05) is 32.8 Å². The lowest BCUT2D eigenvalue weighted by molar-refractivity contribution is -0.138. The summed E-state index contributed by atoms with van der Waals surface area (Å²) in [6.07, 6.45) is 5.56. The summed E-state index contributed by atoms with van der Waals surface area (Å²) >= 11 is 0. The fraction of sp³-hybridized carbons (Fsp3) is 0.536. The Balaban J connectivity index is 1.23. The maximum Gasteiger partial charge on any atom is 0.243 e. The normalized spacial score (nSPS) is 18.5. The number of amides is 1. The van der Waals surface area contributed by atoms with Crippen LogP contribution in [0, 0.1) is 18.8 Å². The number of nitrogens with zero attached hydrogens (tertiary/aromatic N) is 2. The summed E-state index contributed by atoms with van der Waals surface area (Å²) in [5.41, 5.74) is 2.68. The molecular formula is C28H38N2O4S. The number of ether oxygens (including phenoxy) is 1. The molecule has 0 atom stereocenters. The number of hydrogen-bond donors (Lipinski definition) is 0. The number of aryl methyl sites for hydroxylation is 2. The third kappa shape index (κ3) is 6.44. The van der Waals surface area contributed by atoms with Crippen molar-refractivity contribution in [2.24, 2.45) is 11.8 Å². The average Bonchev–Trinajstić information content (AvgIpc) is 2.89. The summed E-state index contributed by atoms with van der Waals surface area (Å²) < 4.78 is 33.0. The second-order valence-corrected chi connectivity index (χ2v) is 11.8. The van der Waals surface area contributed by atoms with Crippen molar-refractivity contribution < 1.29 is 17.9 Å². The Morgan fingerprint density at radius 1 is 0.914 bits per heavy atom. The second-order valence-electron chi connectivity index (χ2n) is 9.88. The van der Waals surface area contributed by atoms with Crippen LogP contribution < -0.4 is 4.74 Å². The molecule has 2 aromatic rings. The van der Waals surface area contributed by atoms with Crippen molar-refractivity contribution in [2.45, 2.75) is 57.3 Å². The number of benzene rings is 2. The van der Waals surface area contributed by atoms with Gasteiger partial charge in [0.05, 0.1) is 11.5 Å². The summed E-state index contributed by atoms with van der Waals surface area (Å²) in [5.74, 6) is 1.46. The number of likely N-dealkylation sites (tertiary alicyclic amines) is 1. The van der Waals surface area contributed by atoms with E-state index < -0.39 is 10.0 Å². The highest BCUT2D eigenvalue weighted by molar-refractivity contribution is 7.89. The van der Waals surface area contributed by atoms with Crippen LogP contribution in [-0.4, -0.2) is 56.3 Å². The number of carbonyl (C=O) groups excluding carboxylic acids is 1. The fourth-order valence-corrected chi connectivity index (χ4v) is 6.66. The van der Waals surface area contributed by atoms with E-state index in [2.05, 4.69) is 31.2 Å². The Hall–Kier alpha value is -2.38. The van der Waals surface area contributed by atoms with E-state index in [0.29, 0.717) is 44.2 Å². The molecule has 190 valence electrons. The minimum absolute atomic E-state index is 0.0779. The monoisotopic (exact) mass is 498 g/mol. The molecule has 0 radical (unpaired) electrons. The first kappa shape index (κ1) is 25.7. The van der Waals surface area contributed by atoms with Gasteiger partial charge in [-0.1, -0.05) is 29.8 Å². The van der Waals surface area contributed by atoms with Gasteiger partial charge in [0.2, 0.25) is 15.9 Å². The summed E-state index contributed by atoms with van der Waals surface area (Å²) in [6.45, 7) is 6.97. The lowest BCUT2D eigenvalue weighted by atomic mass is 9.89. The van der Waals surface area contributed by atoms with Crippen LogP contribution in [0.4, 0.5) is 0 Å². The third-order valence-electron chi connectivity index (χ3n) is 7.46. The molecule has 2 aliphatic heterocycles. The van der Waals surface area contributed by atoms with Crippen LogP contribution in [0.15, 0.2) is 53.4 Å². The van der Waals surface area contributed by atoms with Gasteiger partial charge >= 0.3 is 0 Å². The molecule has 2 aromatic carbocycles. The van der Waals surface area contributed by atoms with E-state index >= 15 is 0 Å². The molecule has 2 aliphatic rings. The highest BCUT2D eigenvalue weighted by Gasteiger charge is 2.34. The Morgan fingerprint density at radius 3 is 2.14 bits per heavy atom. The molecular weight excluding hydrogens is 460 g/mol. The van der Waals surface area contributed by atoms with Crippen molar-refractivity contribution in [3.63, 3.8) is 0 Å². The van der Waals surface area contributed by atoms with Gasteiger partial charge < -0.3 is 9.64 Å². The minimum atomic E-state index is -3.55. The lowest BCUT2D eigenvalue weighted by Crippen LogP contribution is -2.46. The van der Waals surface area contributed by atoms with Crippen molar-refractivity contribution in [1.82, 2.24) is 9.21 Å². The topological polar surface area (TPSA) is 66.9 Å². The smallest absolute Gasteiger partial charge is 0.243 e. The van der Waals surface area contributed by atoms with Gasteiger partial charge in [0.1, 0.15) is 5.75 Å². The highest BCUT2D eigenvalue weighted by Crippen LogP contribution is 2.29. The zero-order valence-electron chi connectivity index (χ0n) is 21.0. The van der Waals surface area contributed by atoms with Gasteiger partial charge in [-0.25, -0.2) is 8.42 Å². The zero-order chi connectivity index (χ0) is 24.8.